The summed E-state index contributed by atoms with van der Waals surface area (Å²) in [5.74, 6) is -1.92. The van der Waals surface area contributed by atoms with Crippen LogP contribution in [0, 0.1) is 0 Å². The van der Waals surface area contributed by atoms with Crippen LogP contribution in [-0.4, -0.2) is 116 Å². The molecule has 2 aromatic rings. The number of Topliss-reactive ketones (excluding diaryl/α,β-unsaturated/α-hetero) is 1. The highest BCUT2D eigenvalue weighted by atomic mass is 32.2. The van der Waals surface area contributed by atoms with Gasteiger partial charge in [-0.1, -0.05) is 31.1 Å². The predicted molar refractivity (Wildman–Crippen MR) is 242 cm³/mol. The molecule has 5 rings (SSSR count). The van der Waals surface area contributed by atoms with Crippen molar-refractivity contribution in [2.45, 2.75) is 99.2 Å². The molecule has 0 spiro atoms. The van der Waals surface area contributed by atoms with Crippen molar-refractivity contribution in [3.63, 3.8) is 0 Å². The smallest absolute Gasteiger partial charge is 0.294 e. The van der Waals surface area contributed by atoms with Crippen LogP contribution >= 0.6 is 0 Å². The molecule has 3 aliphatic heterocycles. The van der Waals surface area contributed by atoms with E-state index in [1.54, 1.807) is 35.0 Å². The number of hydrogen-bond acceptors (Lipinski definition) is 12. The summed E-state index contributed by atoms with van der Waals surface area (Å²) in [6.07, 6.45) is 13.9. The Hall–Kier alpha value is -4.68. The van der Waals surface area contributed by atoms with Crippen molar-refractivity contribution in [3.05, 3.63) is 95.8 Å². The number of rotatable bonds is 23. The Morgan fingerprint density at radius 2 is 1.23 bits per heavy atom. The van der Waals surface area contributed by atoms with Crippen molar-refractivity contribution in [3.8, 4) is 0 Å². The lowest BCUT2D eigenvalue weighted by Crippen LogP contribution is -2.31. The van der Waals surface area contributed by atoms with Gasteiger partial charge in [0.25, 0.3) is 52.3 Å². The van der Waals surface area contributed by atoms with Gasteiger partial charge < -0.3 is 4.90 Å². The number of allylic oxidation sites excluding steroid dienone is 6. The van der Waals surface area contributed by atoms with Gasteiger partial charge in [0, 0.05) is 79.0 Å². The van der Waals surface area contributed by atoms with Crippen molar-refractivity contribution >= 4 is 75.2 Å². The third kappa shape index (κ3) is 12.8. The number of carbonyl (C=O) groups is 3. The minimum atomic E-state index is -4.64. The van der Waals surface area contributed by atoms with E-state index in [0.717, 1.165) is 4.90 Å². The Bertz CT molecular complexity index is 2830. The molecular formula is C43H54N3O15S4+. The Balaban J connectivity index is 1.43. The van der Waals surface area contributed by atoms with E-state index in [1.165, 1.54) is 48.6 Å². The number of amides is 2. The highest BCUT2D eigenvalue weighted by molar-refractivity contribution is 7.86. The molecule has 3 heterocycles. The fourth-order valence-corrected chi connectivity index (χ4v) is 10.6. The van der Waals surface area contributed by atoms with E-state index in [0.29, 0.717) is 66.0 Å². The number of anilines is 1. The molecular weight excluding hydrogens is 927 g/mol. The number of unbranched alkanes of at least 4 members (excludes halogenated alkanes) is 2. The van der Waals surface area contributed by atoms with Crippen LogP contribution in [0.2, 0.25) is 0 Å². The van der Waals surface area contributed by atoms with Gasteiger partial charge >= 0.3 is 0 Å². The van der Waals surface area contributed by atoms with Gasteiger partial charge in [-0.15, -0.1) is 0 Å². The number of hydrogen-bond donors (Lipinski definition) is 4. The van der Waals surface area contributed by atoms with Crippen molar-refractivity contribution in [1.82, 2.24) is 4.90 Å². The summed E-state index contributed by atoms with van der Waals surface area (Å²) < 4.78 is 136. The first kappa shape index (κ1) is 51.3. The highest BCUT2D eigenvalue weighted by Gasteiger charge is 2.46. The van der Waals surface area contributed by atoms with Gasteiger partial charge in [0.2, 0.25) is 5.69 Å². The predicted octanol–water partition coefficient (Wildman–Crippen LogP) is 5.11. The van der Waals surface area contributed by atoms with Gasteiger partial charge in [0.15, 0.2) is 5.71 Å². The van der Waals surface area contributed by atoms with Crippen LogP contribution in [-0.2, 0) is 65.7 Å². The molecule has 0 aliphatic carbocycles. The Morgan fingerprint density at radius 3 is 1.85 bits per heavy atom. The third-order valence-electron chi connectivity index (χ3n) is 11.8. The molecule has 1 unspecified atom stereocenters. The molecule has 0 saturated heterocycles. The van der Waals surface area contributed by atoms with Crippen LogP contribution in [0.1, 0.15) is 89.7 Å². The zero-order valence-electron chi connectivity index (χ0n) is 36.2. The van der Waals surface area contributed by atoms with Crippen molar-refractivity contribution in [1.29, 1.82) is 0 Å². The Kier molecular flexibility index (Phi) is 15.8. The first-order valence-corrected chi connectivity index (χ1v) is 26.9. The number of benzene rings is 2. The maximum Gasteiger partial charge on any atom is 0.294 e. The monoisotopic (exact) mass is 980 g/mol. The lowest BCUT2D eigenvalue weighted by molar-refractivity contribution is -0.437. The summed E-state index contributed by atoms with van der Waals surface area (Å²) in [5, 5.41) is 0. The van der Waals surface area contributed by atoms with Crippen molar-refractivity contribution in [2.75, 3.05) is 36.0 Å². The number of fused-ring (bicyclic) bond motifs is 2. The van der Waals surface area contributed by atoms with Gasteiger partial charge in [0.1, 0.15) is 12.3 Å². The summed E-state index contributed by atoms with van der Waals surface area (Å²) in [5.41, 5.74) is 1.72. The molecule has 18 nitrogen and oxygen atoms in total. The van der Waals surface area contributed by atoms with Gasteiger partial charge in [-0.25, -0.2) is 0 Å². The van der Waals surface area contributed by atoms with Crippen molar-refractivity contribution < 1.29 is 70.8 Å². The zero-order chi connectivity index (χ0) is 48.2. The molecule has 65 heavy (non-hydrogen) atoms. The van der Waals surface area contributed by atoms with Crippen molar-refractivity contribution in [2.24, 2.45) is 0 Å². The molecule has 3 aliphatic rings. The normalized spacial score (nSPS) is 19.5. The lowest BCUT2D eigenvalue weighted by Gasteiger charge is -2.30. The average Bonchev–Trinajstić information content (AvgIpc) is 3.71. The summed E-state index contributed by atoms with van der Waals surface area (Å²) >= 11 is 0. The van der Waals surface area contributed by atoms with E-state index in [9.17, 15) is 66.3 Å². The zero-order valence-corrected chi connectivity index (χ0v) is 39.4. The Morgan fingerprint density at radius 1 is 0.662 bits per heavy atom. The quantitative estimate of drug-likeness (QED) is 0.0370. The largest absolute Gasteiger partial charge is 0.344 e. The molecule has 354 valence electrons. The second-order valence-corrected chi connectivity index (χ2v) is 22.9. The van der Waals surface area contributed by atoms with E-state index >= 15 is 0 Å². The first-order chi connectivity index (χ1) is 30.1. The minimum Gasteiger partial charge on any atom is -0.344 e. The lowest BCUT2D eigenvalue weighted by atomic mass is 9.77. The fourth-order valence-electron chi connectivity index (χ4n) is 8.61. The molecule has 1 atom stereocenters. The van der Waals surface area contributed by atoms with Crippen LogP contribution in [0.3, 0.4) is 0 Å². The molecule has 2 amide bonds. The average molecular weight is 981 g/mol. The SMILES string of the molecule is CC1(C)C(C=CC=CC=C2N(CCCS(=O)(=O)O)c3ccc(S(=O)(=O)O)cc3C2(C)CCCCCC(=O)CCCN2C(=O)C=CC2=O)=[N+](CCCS(=O)(=O)O)c2ccc(S(=O)(=O)O)cc21. The van der Waals surface area contributed by atoms with E-state index in [1.807, 2.05) is 25.7 Å². The number of imide groups is 1. The fraction of sp³-hybridized carbons (Fsp3) is 0.442. The molecule has 22 heteroatoms. The summed E-state index contributed by atoms with van der Waals surface area (Å²) in [6.45, 7) is 5.91. The minimum absolute atomic E-state index is 0.00522. The third-order valence-corrected chi connectivity index (χ3v) is 15.1. The van der Waals surface area contributed by atoms with E-state index in [-0.39, 0.29) is 60.9 Å². The van der Waals surface area contributed by atoms with Gasteiger partial charge in [-0.3, -0.25) is 37.5 Å². The maximum absolute atomic E-state index is 12.7. The standard InChI is InChI=1S/C43H53N3O15S4/c1-42(2)34-29-32(64(56,57)58)17-19-36(34)44(25-11-27-62(50,51)52)38(42)15-7-4-8-16-39-43(3,23-9-5-6-13-31(47)14-10-24-46-40(48)21-22-41(46)49)35-30-33(65(59,60)61)18-20-37(35)45(39)26-12-28-63(53,54)55/h4,7-8,15-22,29-30H,5-6,9-14,23-28H2,1-3H3,(H3-,50,51,52,53,54,55,56,57,58,59,60,61)/p+1. The molecule has 4 N–H and O–H groups in total. The second-order valence-electron chi connectivity index (χ2n) is 16.9. The van der Waals surface area contributed by atoms with Crippen LogP contribution in [0.4, 0.5) is 11.4 Å². The molecule has 2 aromatic carbocycles. The number of carbonyl (C=O) groups excluding carboxylic acids is 3. The van der Waals surface area contributed by atoms with E-state index in [4.69, 9.17) is 0 Å². The molecule has 0 aromatic heterocycles. The van der Waals surface area contributed by atoms with Crippen LogP contribution in [0.5, 0.6) is 0 Å². The summed E-state index contributed by atoms with van der Waals surface area (Å²) in [4.78, 5) is 38.5. The van der Waals surface area contributed by atoms with Gasteiger partial charge in [-0.05, 0) is 88.4 Å². The highest BCUT2D eigenvalue weighted by Crippen LogP contribution is 2.51. The topological polar surface area (TPSA) is 278 Å². The molecule has 0 radical (unpaired) electrons. The molecule has 0 saturated carbocycles. The number of ketones is 1. The molecule has 0 fully saturated rings. The second kappa shape index (κ2) is 20.0. The van der Waals surface area contributed by atoms with E-state index in [2.05, 4.69) is 0 Å². The first-order valence-electron chi connectivity index (χ1n) is 20.8. The maximum atomic E-state index is 12.7. The van der Waals surface area contributed by atoms with E-state index < -0.39 is 74.6 Å². The van der Waals surface area contributed by atoms with Gasteiger partial charge in [-0.2, -0.15) is 38.2 Å². The van der Waals surface area contributed by atoms with Crippen LogP contribution < -0.4 is 4.90 Å². The summed E-state index contributed by atoms with van der Waals surface area (Å²) in [7, 11) is -17.8. The summed E-state index contributed by atoms with van der Waals surface area (Å²) in [6, 6.07) is 8.24. The Labute approximate surface area is 380 Å². The van der Waals surface area contributed by atoms with Crippen LogP contribution in [0.15, 0.2) is 94.4 Å². The van der Waals surface area contributed by atoms with Gasteiger partial charge in [0.05, 0.1) is 26.7 Å². The van der Waals surface area contributed by atoms with Crippen LogP contribution in [0.25, 0.3) is 0 Å². The molecule has 0 bridgehead atoms. The number of nitrogens with zero attached hydrogens (tertiary/aromatic N) is 3.